The number of hydrogen-bond donors (Lipinski definition) is 0. The quantitative estimate of drug-likeness (QED) is 0.249. The highest BCUT2D eigenvalue weighted by Crippen LogP contribution is 2.18. The van der Waals surface area contributed by atoms with Gasteiger partial charge in [-0.15, -0.1) is 0 Å². The lowest BCUT2D eigenvalue weighted by Crippen LogP contribution is -2.46. The minimum atomic E-state index is -4.36. The third kappa shape index (κ3) is 6.10. The molecule has 184 valence electrons. The molecule has 0 spiro atoms. The molecule has 0 amide bonds. The predicted octanol–water partition coefficient (Wildman–Crippen LogP) is 6.25. The third-order valence-corrected chi connectivity index (χ3v) is 5.78. The second-order valence-corrected chi connectivity index (χ2v) is 8.37. The van der Waals surface area contributed by atoms with Crippen LogP contribution in [0.25, 0.3) is 35.7 Å². The van der Waals surface area contributed by atoms with Gasteiger partial charge < -0.3 is 9.13 Å². The van der Waals surface area contributed by atoms with Crippen LogP contribution in [-0.4, -0.2) is 25.3 Å². The van der Waals surface area contributed by atoms with Crippen LogP contribution in [0.4, 0.5) is 13.2 Å². The van der Waals surface area contributed by atoms with E-state index in [2.05, 4.69) is 9.97 Å². The van der Waals surface area contributed by atoms with E-state index >= 15 is 0 Å². The summed E-state index contributed by atoms with van der Waals surface area (Å²) in [5, 5.41) is 0. The van der Waals surface area contributed by atoms with Crippen molar-refractivity contribution in [3.63, 3.8) is 0 Å². The standard InChI is InChI=1S/C29H23F3N5/c30-29(31,32)20-37-27(14-8-23-4-10-25(11-5-23)35-18-16-33-21-35)2-1-3-28(37)15-9-24-6-12-26(13-7-24)36-19-17-34-22-36/h1-19,21-22H,20H2/q+1. The van der Waals surface area contributed by atoms with E-state index < -0.39 is 12.7 Å². The maximum atomic E-state index is 13.5. The Hall–Kier alpha value is -4.72. The van der Waals surface area contributed by atoms with E-state index in [4.69, 9.17) is 0 Å². The zero-order chi connectivity index (χ0) is 25.7. The first-order chi connectivity index (χ1) is 17.9. The third-order valence-electron chi connectivity index (χ3n) is 5.78. The number of hydrogen-bond acceptors (Lipinski definition) is 2. The lowest BCUT2D eigenvalue weighted by atomic mass is 10.1. The first-order valence-electron chi connectivity index (χ1n) is 11.6. The summed E-state index contributed by atoms with van der Waals surface area (Å²) in [4.78, 5) is 8.08. The van der Waals surface area contributed by atoms with E-state index in [0.717, 1.165) is 22.5 Å². The number of alkyl halides is 3. The largest absolute Gasteiger partial charge is 0.448 e. The van der Waals surface area contributed by atoms with Crippen LogP contribution in [0.15, 0.2) is 104 Å². The van der Waals surface area contributed by atoms with Crippen molar-refractivity contribution in [3.8, 4) is 11.4 Å². The molecule has 0 N–H and O–H groups in total. The molecule has 37 heavy (non-hydrogen) atoms. The Labute approximate surface area is 212 Å². The smallest absolute Gasteiger partial charge is 0.306 e. The molecule has 5 aromatic rings. The molecule has 0 aliphatic heterocycles. The molecule has 5 nitrogen and oxygen atoms in total. The topological polar surface area (TPSA) is 39.5 Å². The molecule has 0 saturated heterocycles. The van der Waals surface area contributed by atoms with Crippen molar-refractivity contribution in [2.75, 3.05) is 0 Å². The van der Waals surface area contributed by atoms with E-state index in [1.165, 1.54) is 4.57 Å². The zero-order valence-electron chi connectivity index (χ0n) is 19.7. The lowest BCUT2D eigenvalue weighted by molar-refractivity contribution is -0.722. The van der Waals surface area contributed by atoms with Crippen molar-refractivity contribution in [2.45, 2.75) is 12.7 Å². The molecule has 0 atom stereocenters. The van der Waals surface area contributed by atoms with E-state index in [1.54, 1.807) is 55.4 Å². The van der Waals surface area contributed by atoms with Gasteiger partial charge in [-0.25, -0.2) is 9.97 Å². The Kier molecular flexibility index (Phi) is 6.81. The van der Waals surface area contributed by atoms with Gasteiger partial charge in [0.05, 0.1) is 12.7 Å². The average Bonchev–Trinajstić information content (AvgIpc) is 3.62. The molecule has 3 heterocycles. The molecule has 0 saturated carbocycles. The number of pyridine rings is 1. The molecule has 2 aromatic carbocycles. The first-order valence-corrected chi connectivity index (χ1v) is 11.6. The number of rotatable bonds is 7. The molecule has 5 rings (SSSR count). The van der Waals surface area contributed by atoms with Gasteiger partial charge in [-0.1, -0.05) is 24.3 Å². The molecule has 0 aliphatic rings. The maximum Gasteiger partial charge on any atom is 0.448 e. The van der Waals surface area contributed by atoms with Crippen LogP contribution in [0.5, 0.6) is 0 Å². The van der Waals surface area contributed by atoms with Crippen molar-refractivity contribution in [1.82, 2.24) is 19.1 Å². The molecule has 0 fully saturated rings. The van der Waals surface area contributed by atoms with Crippen LogP contribution in [-0.2, 0) is 6.54 Å². The van der Waals surface area contributed by atoms with Crippen LogP contribution in [0, 0.1) is 0 Å². The monoisotopic (exact) mass is 498 g/mol. The van der Waals surface area contributed by atoms with Crippen molar-refractivity contribution in [1.29, 1.82) is 0 Å². The van der Waals surface area contributed by atoms with Crippen LogP contribution in [0.1, 0.15) is 22.5 Å². The number of aromatic nitrogens is 5. The molecule has 0 radical (unpaired) electrons. The second kappa shape index (κ2) is 10.5. The highest BCUT2D eigenvalue weighted by Gasteiger charge is 2.35. The van der Waals surface area contributed by atoms with Gasteiger partial charge in [-0.2, -0.15) is 17.7 Å². The van der Waals surface area contributed by atoms with Gasteiger partial charge in [0.2, 0.25) is 17.9 Å². The Bertz CT molecular complexity index is 1390. The Morgan fingerprint density at radius 1 is 0.649 bits per heavy atom. The zero-order valence-corrected chi connectivity index (χ0v) is 19.7. The van der Waals surface area contributed by atoms with E-state index in [9.17, 15) is 13.2 Å². The molecule has 0 bridgehead atoms. The molecule has 3 aromatic heterocycles. The summed E-state index contributed by atoms with van der Waals surface area (Å²) >= 11 is 0. The molecule has 0 aliphatic carbocycles. The van der Waals surface area contributed by atoms with Crippen molar-refractivity contribution >= 4 is 24.3 Å². The number of benzene rings is 2. The molecular formula is C29H23F3N5+. The Morgan fingerprint density at radius 2 is 1.11 bits per heavy atom. The summed E-state index contributed by atoms with van der Waals surface area (Å²) in [5.41, 5.74) is 4.56. The van der Waals surface area contributed by atoms with Gasteiger partial charge in [0.1, 0.15) is 0 Å². The highest BCUT2D eigenvalue weighted by atomic mass is 19.4. The van der Waals surface area contributed by atoms with E-state index in [1.807, 2.05) is 82.2 Å². The normalized spacial score (nSPS) is 12.1. The van der Waals surface area contributed by atoms with Crippen molar-refractivity contribution in [3.05, 3.63) is 127 Å². The van der Waals surface area contributed by atoms with Gasteiger partial charge >= 0.3 is 6.18 Å². The van der Waals surface area contributed by atoms with Crippen LogP contribution in [0.3, 0.4) is 0 Å². The fourth-order valence-corrected chi connectivity index (χ4v) is 3.93. The van der Waals surface area contributed by atoms with Crippen LogP contribution >= 0.6 is 0 Å². The fraction of sp³-hybridized carbons (Fsp3) is 0.0690. The summed E-state index contributed by atoms with van der Waals surface area (Å²) < 4.78 is 45.5. The van der Waals surface area contributed by atoms with Gasteiger partial charge in [-0.3, -0.25) is 0 Å². The van der Waals surface area contributed by atoms with Gasteiger partial charge in [-0.05, 0) is 53.6 Å². The SMILES string of the molecule is FC(F)(F)C[n+]1c(/C=C/c2ccc(-n3ccnc3)cc2)cccc1/C=C/c1ccc(-n2ccnc2)cc1. The van der Waals surface area contributed by atoms with Crippen LogP contribution < -0.4 is 4.57 Å². The summed E-state index contributed by atoms with van der Waals surface area (Å²) in [6.07, 6.45) is 13.2. The number of nitrogens with zero attached hydrogens (tertiary/aromatic N) is 5. The summed E-state index contributed by atoms with van der Waals surface area (Å²) in [5.74, 6) is 0. The lowest BCUT2D eigenvalue weighted by Gasteiger charge is -2.08. The van der Waals surface area contributed by atoms with Crippen LogP contribution in [0.2, 0.25) is 0 Å². The Morgan fingerprint density at radius 3 is 1.49 bits per heavy atom. The number of halogens is 3. The van der Waals surface area contributed by atoms with E-state index in [0.29, 0.717) is 11.4 Å². The molecule has 8 heteroatoms. The van der Waals surface area contributed by atoms with Crippen molar-refractivity contribution < 1.29 is 17.7 Å². The fourth-order valence-electron chi connectivity index (χ4n) is 3.93. The summed E-state index contributed by atoms with van der Waals surface area (Å²) in [6.45, 7) is -1.09. The summed E-state index contributed by atoms with van der Waals surface area (Å²) in [6, 6.07) is 20.5. The van der Waals surface area contributed by atoms with Gasteiger partial charge in [0.25, 0.3) is 0 Å². The van der Waals surface area contributed by atoms with Gasteiger partial charge in [0.15, 0.2) is 0 Å². The summed E-state index contributed by atoms with van der Waals surface area (Å²) in [7, 11) is 0. The Balaban J connectivity index is 1.40. The minimum Gasteiger partial charge on any atom is -0.306 e. The highest BCUT2D eigenvalue weighted by molar-refractivity contribution is 5.69. The number of imidazole rings is 2. The first kappa shape index (κ1) is 24.0. The maximum absolute atomic E-state index is 13.5. The van der Waals surface area contributed by atoms with Crippen molar-refractivity contribution in [2.24, 2.45) is 0 Å². The second-order valence-electron chi connectivity index (χ2n) is 8.37. The molecule has 0 unspecified atom stereocenters. The predicted molar refractivity (Wildman–Crippen MR) is 138 cm³/mol. The molecular weight excluding hydrogens is 475 g/mol. The average molecular weight is 499 g/mol. The van der Waals surface area contributed by atoms with Gasteiger partial charge in [0, 0.05) is 60.4 Å². The minimum absolute atomic E-state index is 0.452. The van der Waals surface area contributed by atoms with E-state index in [-0.39, 0.29) is 0 Å².